The predicted molar refractivity (Wildman–Crippen MR) is 76.3 cm³/mol. The maximum atomic E-state index is 12.5. The lowest BCUT2D eigenvalue weighted by Gasteiger charge is -2.32. The molecule has 4 heteroatoms. The van der Waals surface area contributed by atoms with Gasteiger partial charge in [-0.15, -0.1) is 0 Å². The van der Waals surface area contributed by atoms with Gasteiger partial charge >= 0.3 is 0 Å². The first-order valence-corrected chi connectivity index (χ1v) is 6.92. The van der Waals surface area contributed by atoms with E-state index in [0.717, 1.165) is 0 Å². The molecule has 0 aromatic rings. The fourth-order valence-corrected chi connectivity index (χ4v) is 2.58. The highest BCUT2D eigenvalue weighted by Gasteiger charge is 2.45. The number of nitrogens with zero attached hydrogens (tertiary/aromatic N) is 1. The van der Waals surface area contributed by atoms with Crippen molar-refractivity contribution in [3.05, 3.63) is 0 Å². The number of carbonyl (C=O) groups is 2. The summed E-state index contributed by atoms with van der Waals surface area (Å²) in [5.41, 5.74) is -0.417. The van der Waals surface area contributed by atoms with Crippen molar-refractivity contribution >= 4 is 19.5 Å². The highest BCUT2D eigenvalue weighted by molar-refractivity contribution is 6.16. The van der Waals surface area contributed by atoms with Crippen molar-refractivity contribution in [2.24, 2.45) is 17.3 Å². The lowest BCUT2D eigenvalue weighted by atomic mass is 9.73. The SMILES string of the molecule is BC1C(C)CN(C(=O)C(C)(C)C)C1C(=O)C(C)C. The fourth-order valence-electron chi connectivity index (χ4n) is 2.58. The number of Topliss-reactive ketones (excluding diaryl/α,β-unsaturated/α-hetero) is 1. The molecule has 0 aliphatic carbocycles. The maximum absolute atomic E-state index is 12.5. The molecule has 1 saturated heterocycles. The van der Waals surface area contributed by atoms with Crippen molar-refractivity contribution in [3.63, 3.8) is 0 Å². The first-order chi connectivity index (χ1) is 8.07. The van der Waals surface area contributed by atoms with Crippen molar-refractivity contribution in [3.8, 4) is 0 Å². The molecule has 0 saturated carbocycles. The van der Waals surface area contributed by atoms with Gasteiger partial charge in [-0.2, -0.15) is 0 Å². The van der Waals surface area contributed by atoms with Crippen LogP contribution in [-0.4, -0.2) is 37.0 Å². The maximum Gasteiger partial charge on any atom is 0.228 e. The molecular weight excluding hydrogens is 225 g/mol. The van der Waals surface area contributed by atoms with Gasteiger partial charge in [-0.1, -0.05) is 41.5 Å². The summed E-state index contributed by atoms with van der Waals surface area (Å²) in [7, 11) is 2.09. The molecule has 3 unspecified atom stereocenters. The molecule has 0 radical (unpaired) electrons. The molecule has 102 valence electrons. The Morgan fingerprint density at radius 3 is 2.17 bits per heavy atom. The molecule has 0 N–H and O–H groups in total. The minimum atomic E-state index is -0.417. The standard InChI is InChI=1S/C14H26BNO2/c1-8(2)12(17)11-10(15)9(3)7-16(11)13(18)14(4,5)6/h8-11H,7,15H2,1-6H3. The van der Waals surface area contributed by atoms with E-state index in [1.807, 2.05) is 39.5 Å². The number of hydrogen-bond donors (Lipinski definition) is 0. The van der Waals surface area contributed by atoms with E-state index in [4.69, 9.17) is 0 Å². The third kappa shape index (κ3) is 2.78. The van der Waals surface area contributed by atoms with Crippen molar-refractivity contribution in [2.45, 2.75) is 53.4 Å². The first kappa shape index (κ1) is 15.3. The van der Waals surface area contributed by atoms with E-state index in [0.29, 0.717) is 12.5 Å². The van der Waals surface area contributed by atoms with Crippen LogP contribution in [0.15, 0.2) is 0 Å². The second-order valence-corrected chi connectivity index (χ2v) is 7.05. The van der Waals surface area contributed by atoms with Gasteiger partial charge in [0, 0.05) is 17.9 Å². The molecule has 0 aromatic carbocycles. The average molecular weight is 251 g/mol. The molecule has 1 rings (SSSR count). The molecule has 0 bridgehead atoms. The Morgan fingerprint density at radius 1 is 1.28 bits per heavy atom. The van der Waals surface area contributed by atoms with Gasteiger partial charge in [-0.3, -0.25) is 9.59 Å². The summed E-state index contributed by atoms with van der Waals surface area (Å²) in [6.45, 7) is 12.4. The number of likely N-dealkylation sites (tertiary alicyclic amines) is 1. The van der Waals surface area contributed by atoms with Gasteiger partial charge in [0.25, 0.3) is 0 Å². The zero-order valence-electron chi connectivity index (χ0n) is 12.8. The van der Waals surface area contributed by atoms with Crippen LogP contribution in [0.3, 0.4) is 0 Å². The van der Waals surface area contributed by atoms with Crippen LogP contribution in [0.1, 0.15) is 41.5 Å². The molecule has 0 aromatic heterocycles. The van der Waals surface area contributed by atoms with Crippen molar-refractivity contribution < 1.29 is 9.59 Å². The number of amides is 1. The van der Waals surface area contributed by atoms with E-state index in [1.54, 1.807) is 0 Å². The summed E-state index contributed by atoms with van der Waals surface area (Å²) < 4.78 is 0. The zero-order valence-corrected chi connectivity index (χ0v) is 12.8. The van der Waals surface area contributed by atoms with Crippen LogP contribution in [0.2, 0.25) is 5.82 Å². The van der Waals surface area contributed by atoms with Crippen LogP contribution >= 0.6 is 0 Å². The average Bonchev–Trinajstić information content (AvgIpc) is 2.52. The van der Waals surface area contributed by atoms with Gasteiger partial charge < -0.3 is 4.90 Å². The fraction of sp³-hybridized carbons (Fsp3) is 0.857. The smallest absolute Gasteiger partial charge is 0.228 e. The van der Waals surface area contributed by atoms with E-state index in [2.05, 4.69) is 14.8 Å². The Bertz CT molecular complexity index is 346. The summed E-state index contributed by atoms with van der Waals surface area (Å²) >= 11 is 0. The summed E-state index contributed by atoms with van der Waals surface area (Å²) in [4.78, 5) is 26.6. The van der Waals surface area contributed by atoms with Crippen LogP contribution in [0.25, 0.3) is 0 Å². The van der Waals surface area contributed by atoms with E-state index in [1.165, 1.54) is 0 Å². The van der Waals surface area contributed by atoms with E-state index in [-0.39, 0.29) is 29.5 Å². The Balaban J connectivity index is 3.03. The second-order valence-electron chi connectivity index (χ2n) is 7.05. The highest BCUT2D eigenvalue weighted by atomic mass is 16.2. The zero-order chi connectivity index (χ0) is 14.2. The van der Waals surface area contributed by atoms with Crippen LogP contribution in [0.5, 0.6) is 0 Å². The summed E-state index contributed by atoms with van der Waals surface area (Å²) in [6, 6.07) is -0.230. The number of rotatable bonds is 2. The molecule has 18 heavy (non-hydrogen) atoms. The first-order valence-electron chi connectivity index (χ1n) is 6.92. The van der Waals surface area contributed by atoms with Crippen LogP contribution in [-0.2, 0) is 9.59 Å². The minimum Gasteiger partial charge on any atom is -0.332 e. The summed E-state index contributed by atoms with van der Waals surface area (Å²) in [5, 5.41) is 0. The van der Waals surface area contributed by atoms with E-state index < -0.39 is 5.41 Å². The third-order valence-electron chi connectivity index (χ3n) is 3.98. The molecule has 3 nitrogen and oxygen atoms in total. The molecule has 1 fully saturated rings. The van der Waals surface area contributed by atoms with E-state index in [9.17, 15) is 9.59 Å². The van der Waals surface area contributed by atoms with Gasteiger partial charge in [-0.05, 0) is 11.7 Å². The Kier molecular flexibility index (Phi) is 4.29. The van der Waals surface area contributed by atoms with Crippen LogP contribution in [0, 0.1) is 17.3 Å². The van der Waals surface area contributed by atoms with Gasteiger partial charge in [0.1, 0.15) is 7.85 Å². The Morgan fingerprint density at radius 2 is 1.78 bits per heavy atom. The van der Waals surface area contributed by atoms with Gasteiger partial charge in [-0.25, -0.2) is 0 Å². The Labute approximate surface area is 112 Å². The quantitative estimate of drug-likeness (QED) is 0.698. The molecule has 1 aliphatic rings. The third-order valence-corrected chi connectivity index (χ3v) is 3.98. The molecule has 1 heterocycles. The lowest BCUT2D eigenvalue weighted by Crippen LogP contribution is -2.48. The Hall–Kier alpha value is -0.795. The van der Waals surface area contributed by atoms with Crippen molar-refractivity contribution in [1.82, 2.24) is 4.90 Å². The molecule has 0 spiro atoms. The molecular formula is C14H26BNO2. The van der Waals surface area contributed by atoms with Gasteiger partial charge in [0.05, 0.1) is 6.04 Å². The molecule has 1 aliphatic heterocycles. The van der Waals surface area contributed by atoms with Gasteiger partial charge in [0.2, 0.25) is 5.91 Å². The summed E-state index contributed by atoms with van der Waals surface area (Å²) in [6.07, 6.45) is 0. The van der Waals surface area contributed by atoms with Crippen molar-refractivity contribution in [1.29, 1.82) is 0 Å². The van der Waals surface area contributed by atoms with E-state index >= 15 is 0 Å². The van der Waals surface area contributed by atoms with Crippen LogP contribution in [0.4, 0.5) is 0 Å². The number of hydrogen-bond acceptors (Lipinski definition) is 2. The summed E-state index contributed by atoms with van der Waals surface area (Å²) in [5.74, 6) is 0.926. The highest BCUT2D eigenvalue weighted by Crippen LogP contribution is 2.36. The monoisotopic (exact) mass is 251 g/mol. The number of ketones is 1. The minimum absolute atomic E-state index is 0.0157. The molecule has 1 amide bonds. The number of carbonyl (C=O) groups excluding carboxylic acids is 2. The largest absolute Gasteiger partial charge is 0.332 e. The van der Waals surface area contributed by atoms with Gasteiger partial charge in [0.15, 0.2) is 5.78 Å². The normalized spacial score (nSPS) is 28.8. The van der Waals surface area contributed by atoms with Crippen LogP contribution < -0.4 is 0 Å². The molecule has 3 atom stereocenters. The lowest BCUT2D eigenvalue weighted by molar-refractivity contribution is -0.144. The topological polar surface area (TPSA) is 37.4 Å². The predicted octanol–water partition coefficient (Wildman–Crippen LogP) is 1.53. The second kappa shape index (κ2) is 5.06. The van der Waals surface area contributed by atoms with Crippen molar-refractivity contribution in [2.75, 3.05) is 6.54 Å².